The zero-order valence-electron chi connectivity index (χ0n) is 19.9. The number of carbonyl (C=O) groups excluding carboxylic acids is 2. The van der Waals surface area contributed by atoms with Crippen LogP contribution in [0.25, 0.3) is 10.9 Å². The number of hydrogen-bond acceptors (Lipinski definition) is 4. The molecule has 1 fully saturated rings. The van der Waals surface area contributed by atoms with Crippen molar-refractivity contribution >= 4 is 22.9 Å². The zero-order chi connectivity index (χ0) is 24.7. The molecule has 7 heteroatoms. The predicted octanol–water partition coefficient (Wildman–Crippen LogP) is 4.61. The molecule has 1 saturated heterocycles. The molecule has 36 heavy (non-hydrogen) atoms. The average Bonchev–Trinajstić information content (AvgIpc) is 3.35. The van der Waals surface area contributed by atoms with E-state index in [1.165, 1.54) is 0 Å². The third kappa shape index (κ3) is 5.58. The van der Waals surface area contributed by atoms with Crippen molar-refractivity contribution in [1.82, 2.24) is 15.2 Å². The van der Waals surface area contributed by atoms with Crippen LogP contribution in [0.3, 0.4) is 0 Å². The molecule has 1 aliphatic heterocycles. The van der Waals surface area contributed by atoms with Crippen LogP contribution in [0, 0.1) is 0 Å². The number of nitrogens with one attached hydrogen (secondary N) is 2. The highest BCUT2D eigenvalue weighted by Gasteiger charge is 2.32. The van der Waals surface area contributed by atoms with E-state index in [2.05, 4.69) is 10.3 Å². The number of ether oxygens (including phenoxy) is 2. The molecule has 0 aliphatic carbocycles. The van der Waals surface area contributed by atoms with Crippen molar-refractivity contribution in [3.8, 4) is 0 Å². The zero-order valence-corrected chi connectivity index (χ0v) is 19.9. The number of amides is 2. The first-order chi connectivity index (χ1) is 17.7. The molecule has 0 unspecified atom stereocenters. The Bertz CT molecular complexity index is 1310. The molecule has 2 amide bonds. The molecule has 0 spiro atoms. The molecule has 1 aliphatic rings. The third-order valence-corrected chi connectivity index (χ3v) is 6.45. The molecule has 2 heterocycles. The molecule has 5 rings (SSSR count). The third-order valence-electron chi connectivity index (χ3n) is 6.45. The minimum absolute atomic E-state index is 0.133. The largest absolute Gasteiger partial charge is 0.445 e. The van der Waals surface area contributed by atoms with Crippen LogP contribution in [0.5, 0.6) is 0 Å². The van der Waals surface area contributed by atoms with Gasteiger partial charge in [-0.25, -0.2) is 4.79 Å². The van der Waals surface area contributed by atoms with Gasteiger partial charge < -0.3 is 24.7 Å². The monoisotopic (exact) mass is 483 g/mol. The second-order valence-corrected chi connectivity index (χ2v) is 8.88. The molecule has 3 aromatic carbocycles. The van der Waals surface area contributed by atoms with Gasteiger partial charge in [0.05, 0.1) is 13.2 Å². The molecule has 2 N–H and O–H groups in total. The van der Waals surface area contributed by atoms with E-state index in [0.29, 0.717) is 26.1 Å². The summed E-state index contributed by atoms with van der Waals surface area (Å²) in [5.74, 6) is -0.152. The first kappa shape index (κ1) is 23.6. The van der Waals surface area contributed by atoms with Gasteiger partial charge in [0.15, 0.2) is 0 Å². The first-order valence-electron chi connectivity index (χ1n) is 12.1. The van der Waals surface area contributed by atoms with E-state index in [4.69, 9.17) is 9.47 Å². The van der Waals surface area contributed by atoms with Crippen LogP contribution >= 0.6 is 0 Å². The van der Waals surface area contributed by atoms with E-state index in [1.54, 1.807) is 4.90 Å². The van der Waals surface area contributed by atoms with Gasteiger partial charge in [-0.1, -0.05) is 78.9 Å². The summed E-state index contributed by atoms with van der Waals surface area (Å²) in [6.07, 6.45) is 1.41. The van der Waals surface area contributed by atoms with Gasteiger partial charge in [0.25, 0.3) is 0 Å². The number of nitrogens with zero attached hydrogens (tertiary/aromatic N) is 1. The molecule has 4 aromatic rings. The molecule has 0 bridgehead atoms. The predicted molar refractivity (Wildman–Crippen MR) is 137 cm³/mol. The second kappa shape index (κ2) is 11.1. The quantitative estimate of drug-likeness (QED) is 0.402. The van der Waals surface area contributed by atoms with E-state index in [9.17, 15) is 9.59 Å². The SMILES string of the molecule is O=C(N[C@@H](Cc1c[nH]c2ccccc12)C(=O)N1CCO[C@@H](c2ccccc2)C1)OCc1ccccc1. The summed E-state index contributed by atoms with van der Waals surface area (Å²) in [6.45, 7) is 1.46. The summed E-state index contributed by atoms with van der Waals surface area (Å²) in [5.41, 5.74) is 3.85. The smallest absolute Gasteiger partial charge is 0.408 e. The molecule has 184 valence electrons. The Morgan fingerprint density at radius 3 is 2.53 bits per heavy atom. The highest BCUT2D eigenvalue weighted by molar-refractivity contribution is 5.88. The first-order valence-corrected chi connectivity index (χ1v) is 12.1. The fourth-order valence-corrected chi connectivity index (χ4v) is 4.57. The Hall–Kier alpha value is -4.10. The van der Waals surface area contributed by atoms with E-state index < -0.39 is 12.1 Å². The number of benzene rings is 3. The van der Waals surface area contributed by atoms with E-state index in [1.807, 2.05) is 91.1 Å². The van der Waals surface area contributed by atoms with Gasteiger partial charge in [0, 0.05) is 30.1 Å². The van der Waals surface area contributed by atoms with Crippen molar-refractivity contribution in [1.29, 1.82) is 0 Å². The van der Waals surface area contributed by atoms with Crippen LogP contribution in [-0.4, -0.2) is 47.6 Å². The summed E-state index contributed by atoms with van der Waals surface area (Å²) in [4.78, 5) is 31.5. The van der Waals surface area contributed by atoms with Gasteiger partial charge in [-0.05, 0) is 22.8 Å². The average molecular weight is 484 g/mol. The van der Waals surface area contributed by atoms with Gasteiger partial charge >= 0.3 is 6.09 Å². The van der Waals surface area contributed by atoms with E-state index >= 15 is 0 Å². The number of hydrogen-bond donors (Lipinski definition) is 2. The molecular weight excluding hydrogens is 454 g/mol. The van der Waals surface area contributed by atoms with Crippen LogP contribution in [0.4, 0.5) is 4.79 Å². The molecule has 1 aromatic heterocycles. The molecule has 7 nitrogen and oxygen atoms in total. The van der Waals surface area contributed by atoms with Crippen molar-refractivity contribution in [3.63, 3.8) is 0 Å². The van der Waals surface area contributed by atoms with Crippen molar-refractivity contribution in [2.24, 2.45) is 0 Å². The number of rotatable bonds is 7. The number of aromatic amines is 1. The fraction of sp³-hybridized carbons (Fsp3) is 0.241. The molecule has 0 radical (unpaired) electrons. The lowest BCUT2D eigenvalue weighted by atomic mass is 10.0. The van der Waals surface area contributed by atoms with Crippen molar-refractivity contribution in [3.05, 3.63) is 108 Å². The standard InChI is InChI=1S/C29H29N3O4/c33-28(32-15-16-35-27(19-32)22-11-5-2-6-12-22)26(17-23-18-30-25-14-8-7-13-24(23)25)31-29(34)36-20-21-9-3-1-4-10-21/h1-14,18,26-27,30H,15-17,19-20H2,(H,31,34)/t26-,27+/m0/s1. The molecule has 0 saturated carbocycles. The van der Waals surface area contributed by atoms with Gasteiger partial charge in [-0.3, -0.25) is 4.79 Å². The Morgan fingerprint density at radius 2 is 1.72 bits per heavy atom. The maximum absolute atomic E-state index is 13.7. The number of para-hydroxylation sites is 1. The van der Waals surface area contributed by atoms with Crippen LogP contribution in [0.2, 0.25) is 0 Å². The summed E-state index contributed by atoms with van der Waals surface area (Å²) in [7, 11) is 0. The maximum Gasteiger partial charge on any atom is 0.408 e. The highest BCUT2D eigenvalue weighted by Crippen LogP contribution is 2.24. The summed E-state index contributed by atoms with van der Waals surface area (Å²) < 4.78 is 11.4. The Labute approximate surface area is 210 Å². The van der Waals surface area contributed by atoms with Crippen LogP contribution in [0.1, 0.15) is 22.8 Å². The second-order valence-electron chi connectivity index (χ2n) is 8.88. The minimum Gasteiger partial charge on any atom is -0.445 e. The summed E-state index contributed by atoms with van der Waals surface area (Å²) in [6, 6.07) is 26.5. The van der Waals surface area contributed by atoms with Crippen molar-refractivity contribution < 1.29 is 19.1 Å². The van der Waals surface area contributed by atoms with Crippen LogP contribution in [-0.2, 0) is 27.3 Å². The number of carbonyl (C=O) groups is 2. The Kier molecular flexibility index (Phi) is 7.28. The number of alkyl carbamates (subject to hydrolysis) is 1. The maximum atomic E-state index is 13.7. The molecule has 2 atom stereocenters. The lowest BCUT2D eigenvalue weighted by Gasteiger charge is -2.35. The van der Waals surface area contributed by atoms with Crippen LogP contribution in [0.15, 0.2) is 91.1 Å². The number of fused-ring (bicyclic) bond motifs is 1. The summed E-state index contributed by atoms with van der Waals surface area (Å²) in [5, 5.41) is 3.86. The van der Waals surface area contributed by atoms with E-state index in [0.717, 1.165) is 27.6 Å². The lowest BCUT2D eigenvalue weighted by Crippen LogP contribution is -2.53. The topological polar surface area (TPSA) is 83.7 Å². The van der Waals surface area contributed by atoms with Crippen molar-refractivity contribution in [2.75, 3.05) is 19.7 Å². The number of H-pyrrole nitrogens is 1. The lowest BCUT2D eigenvalue weighted by molar-refractivity contribution is -0.141. The molecular formula is C29H29N3O4. The van der Waals surface area contributed by atoms with Gasteiger partial charge in [-0.15, -0.1) is 0 Å². The fourth-order valence-electron chi connectivity index (χ4n) is 4.57. The minimum atomic E-state index is -0.776. The van der Waals surface area contributed by atoms with Crippen LogP contribution < -0.4 is 5.32 Å². The van der Waals surface area contributed by atoms with Gasteiger partial charge in [0.1, 0.15) is 18.8 Å². The van der Waals surface area contributed by atoms with E-state index in [-0.39, 0.29) is 18.6 Å². The van der Waals surface area contributed by atoms with Gasteiger partial charge in [0.2, 0.25) is 5.91 Å². The van der Waals surface area contributed by atoms with Crippen molar-refractivity contribution in [2.45, 2.75) is 25.2 Å². The summed E-state index contributed by atoms with van der Waals surface area (Å²) >= 11 is 0. The number of aromatic nitrogens is 1. The number of morpholine rings is 1. The normalized spacial score (nSPS) is 16.4. The Morgan fingerprint density at radius 1 is 1.00 bits per heavy atom. The Balaban J connectivity index is 1.32. The van der Waals surface area contributed by atoms with Gasteiger partial charge in [-0.2, -0.15) is 0 Å². The highest BCUT2D eigenvalue weighted by atomic mass is 16.5.